The molecule has 0 spiro atoms. The SMILES string of the molecule is N#CCSc1nc2scc(-c3ccccc3)c2c(=O)n1CCc1ccccc1. The summed E-state index contributed by atoms with van der Waals surface area (Å²) >= 11 is 2.79. The van der Waals surface area contributed by atoms with Gasteiger partial charge in [-0.1, -0.05) is 72.4 Å². The number of hydrogen-bond acceptors (Lipinski definition) is 5. The number of nitriles is 1. The van der Waals surface area contributed by atoms with Crippen LogP contribution >= 0.6 is 23.1 Å². The number of hydrogen-bond donors (Lipinski definition) is 0. The van der Waals surface area contributed by atoms with Gasteiger partial charge in [0.15, 0.2) is 5.16 Å². The highest BCUT2D eigenvalue weighted by Gasteiger charge is 2.17. The lowest BCUT2D eigenvalue weighted by Gasteiger charge is -2.12. The number of benzene rings is 2. The quantitative estimate of drug-likeness (QED) is 0.336. The van der Waals surface area contributed by atoms with Gasteiger partial charge in [0.2, 0.25) is 0 Å². The van der Waals surface area contributed by atoms with Gasteiger partial charge in [-0.05, 0) is 17.5 Å². The first kappa shape index (κ1) is 18.5. The highest BCUT2D eigenvalue weighted by atomic mass is 32.2. The number of thiophene rings is 1. The number of aromatic nitrogens is 2. The standard InChI is InChI=1S/C22H17N3OS2/c23-12-14-27-22-24-20-19(18(15-28-20)17-9-5-2-6-10-17)21(26)25(22)13-11-16-7-3-1-4-8-16/h1-10,15H,11,13-14H2. The second kappa shape index (κ2) is 8.42. The number of nitrogens with zero attached hydrogens (tertiary/aromatic N) is 3. The van der Waals surface area contributed by atoms with Gasteiger partial charge in [0.25, 0.3) is 5.56 Å². The molecular formula is C22H17N3OS2. The summed E-state index contributed by atoms with van der Waals surface area (Å²) in [6.07, 6.45) is 0.735. The topological polar surface area (TPSA) is 58.7 Å². The minimum absolute atomic E-state index is 0.0403. The monoisotopic (exact) mass is 403 g/mol. The van der Waals surface area contributed by atoms with Crippen LogP contribution < -0.4 is 5.56 Å². The van der Waals surface area contributed by atoms with E-state index in [-0.39, 0.29) is 11.3 Å². The van der Waals surface area contributed by atoms with Crippen molar-refractivity contribution in [3.63, 3.8) is 0 Å². The molecule has 0 aliphatic carbocycles. The summed E-state index contributed by atoms with van der Waals surface area (Å²) in [6, 6.07) is 22.1. The molecule has 0 radical (unpaired) electrons. The van der Waals surface area contributed by atoms with E-state index in [1.54, 1.807) is 4.57 Å². The van der Waals surface area contributed by atoms with Gasteiger partial charge in [0.05, 0.1) is 17.2 Å². The molecule has 4 nitrogen and oxygen atoms in total. The molecule has 0 saturated carbocycles. The van der Waals surface area contributed by atoms with Crippen molar-refractivity contribution in [2.45, 2.75) is 18.1 Å². The third-order valence-electron chi connectivity index (χ3n) is 4.48. The van der Waals surface area contributed by atoms with E-state index < -0.39 is 0 Å². The van der Waals surface area contributed by atoms with E-state index in [0.717, 1.165) is 22.4 Å². The van der Waals surface area contributed by atoms with Crippen LogP contribution in [0.3, 0.4) is 0 Å². The molecule has 4 rings (SSSR count). The molecule has 0 unspecified atom stereocenters. The number of aryl methyl sites for hydroxylation is 1. The molecule has 6 heteroatoms. The minimum Gasteiger partial charge on any atom is -0.287 e. The van der Waals surface area contributed by atoms with Crippen LogP contribution in [0.5, 0.6) is 0 Å². The maximum atomic E-state index is 13.4. The molecule has 0 amide bonds. The van der Waals surface area contributed by atoms with E-state index >= 15 is 0 Å². The fraction of sp³-hybridized carbons (Fsp3) is 0.136. The maximum Gasteiger partial charge on any atom is 0.263 e. The lowest BCUT2D eigenvalue weighted by Crippen LogP contribution is -2.24. The lowest BCUT2D eigenvalue weighted by molar-refractivity contribution is 0.596. The van der Waals surface area contributed by atoms with Crippen molar-refractivity contribution >= 4 is 33.3 Å². The van der Waals surface area contributed by atoms with Crippen LogP contribution in [-0.2, 0) is 13.0 Å². The summed E-state index contributed by atoms with van der Waals surface area (Å²) < 4.78 is 1.72. The second-order valence-corrected chi connectivity index (χ2v) is 8.03. The van der Waals surface area contributed by atoms with Crippen molar-refractivity contribution in [1.82, 2.24) is 9.55 Å². The Labute approximate surface area is 171 Å². The molecule has 2 heterocycles. The molecule has 0 atom stereocenters. The second-order valence-electron chi connectivity index (χ2n) is 6.23. The summed E-state index contributed by atoms with van der Waals surface area (Å²) in [6.45, 7) is 0.531. The summed E-state index contributed by atoms with van der Waals surface area (Å²) in [5, 5.41) is 12.2. The van der Waals surface area contributed by atoms with Crippen LogP contribution in [0.25, 0.3) is 21.3 Å². The van der Waals surface area contributed by atoms with Crippen LogP contribution in [0.4, 0.5) is 0 Å². The van der Waals surface area contributed by atoms with E-state index in [4.69, 9.17) is 10.2 Å². The fourth-order valence-electron chi connectivity index (χ4n) is 3.13. The summed E-state index contributed by atoms with van der Waals surface area (Å²) in [7, 11) is 0. The molecular weight excluding hydrogens is 386 g/mol. The summed E-state index contributed by atoms with van der Waals surface area (Å²) in [5.41, 5.74) is 3.06. The van der Waals surface area contributed by atoms with Crippen molar-refractivity contribution in [1.29, 1.82) is 5.26 Å². The Morgan fingerprint density at radius 3 is 2.50 bits per heavy atom. The normalized spacial score (nSPS) is 10.8. The molecule has 0 fully saturated rings. The largest absolute Gasteiger partial charge is 0.287 e. The third kappa shape index (κ3) is 3.72. The molecule has 0 aliphatic rings. The Bertz CT molecular complexity index is 1190. The first-order chi connectivity index (χ1) is 13.8. The Morgan fingerprint density at radius 2 is 1.79 bits per heavy atom. The predicted octanol–water partition coefficient (Wildman–Crippen LogP) is 4.98. The van der Waals surface area contributed by atoms with E-state index in [1.165, 1.54) is 28.7 Å². The molecule has 138 valence electrons. The Morgan fingerprint density at radius 1 is 1.07 bits per heavy atom. The van der Waals surface area contributed by atoms with Crippen LogP contribution in [0.2, 0.25) is 0 Å². The van der Waals surface area contributed by atoms with E-state index in [2.05, 4.69) is 18.2 Å². The number of rotatable bonds is 6. The lowest BCUT2D eigenvalue weighted by atomic mass is 10.1. The van der Waals surface area contributed by atoms with Gasteiger partial charge >= 0.3 is 0 Å². The van der Waals surface area contributed by atoms with Gasteiger partial charge in [0, 0.05) is 17.5 Å². The Balaban J connectivity index is 1.81. The smallest absolute Gasteiger partial charge is 0.263 e. The highest BCUT2D eigenvalue weighted by molar-refractivity contribution is 7.99. The van der Waals surface area contributed by atoms with E-state index in [1.807, 2.05) is 53.9 Å². The molecule has 0 bridgehead atoms. The maximum absolute atomic E-state index is 13.4. The molecule has 4 aromatic rings. The molecule has 0 N–H and O–H groups in total. The zero-order chi connectivity index (χ0) is 19.3. The van der Waals surface area contributed by atoms with Crippen molar-refractivity contribution in [3.8, 4) is 17.2 Å². The van der Waals surface area contributed by atoms with Gasteiger partial charge in [0.1, 0.15) is 4.83 Å². The predicted molar refractivity (Wildman–Crippen MR) is 116 cm³/mol. The van der Waals surface area contributed by atoms with Crippen molar-refractivity contribution < 1.29 is 0 Å². The van der Waals surface area contributed by atoms with Crippen molar-refractivity contribution in [3.05, 3.63) is 82.0 Å². The van der Waals surface area contributed by atoms with Gasteiger partial charge in [-0.15, -0.1) is 11.3 Å². The highest BCUT2D eigenvalue weighted by Crippen LogP contribution is 2.32. The first-order valence-electron chi connectivity index (χ1n) is 8.89. The average Bonchev–Trinajstić information content (AvgIpc) is 3.17. The van der Waals surface area contributed by atoms with Crippen LogP contribution in [0.15, 0.2) is 76.0 Å². The van der Waals surface area contributed by atoms with Crippen molar-refractivity contribution in [2.24, 2.45) is 0 Å². The third-order valence-corrected chi connectivity index (χ3v) is 6.19. The van der Waals surface area contributed by atoms with Crippen LogP contribution in [0.1, 0.15) is 5.56 Å². The molecule has 28 heavy (non-hydrogen) atoms. The van der Waals surface area contributed by atoms with Crippen molar-refractivity contribution in [2.75, 3.05) is 5.75 Å². The van der Waals surface area contributed by atoms with Gasteiger partial charge < -0.3 is 0 Å². The number of thioether (sulfide) groups is 1. The first-order valence-corrected chi connectivity index (χ1v) is 10.8. The molecule has 0 aliphatic heterocycles. The van der Waals surface area contributed by atoms with E-state index in [0.29, 0.717) is 17.1 Å². The van der Waals surface area contributed by atoms with E-state index in [9.17, 15) is 4.79 Å². The summed E-state index contributed by atoms with van der Waals surface area (Å²) in [4.78, 5) is 18.9. The minimum atomic E-state index is -0.0403. The Hall–Kier alpha value is -2.88. The molecule has 2 aromatic heterocycles. The van der Waals surface area contributed by atoms with Gasteiger partial charge in [-0.25, -0.2) is 4.98 Å². The fourth-order valence-corrected chi connectivity index (χ4v) is 4.80. The average molecular weight is 404 g/mol. The van der Waals surface area contributed by atoms with Crippen LogP contribution in [0, 0.1) is 11.3 Å². The zero-order valence-electron chi connectivity index (χ0n) is 15.0. The summed E-state index contributed by atoms with van der Waals surface area (Å²) in [5.74, 6) is 0.264. The van der Waals surface area contributed by atoms with Crippen LogP contribution in [-0.4, -0.2) is 15.3 Å². The van der Waals surface area contributed by atoms with Gasteiger partial charge in [-0.3, -0.25) is 9.36 Å². The molecule has 0 saturated heterocycles. The number of fused-ring (bicyclic) bond motifs is 1. The molecule has 2 aromatic carbocycles. The zero-order valence-corrected chi connectivity index (χ0v) is 16.7. The van der Waals surface area contributed by atoms with Gasteiger partial charge in [-0.2, -0.15) is 5.26 Å². The Kier molecular flexibility index (Phi) is 5.56.